The van der Waals surface area contributed by atoms with Crippen LogP contribution in [-0.4, -0.2) is 36.2 Å². The molecule has 0 saturated carbocycles. The van der Waals surface area contributed by atoms with E-state index in [1.54, 1.807) is 24.4 Å². The molecule has 0 unspecified atom stereocenters. The van der Waals surface area contributed by atoms with E-state index in [2.05, 4.69) is 16.4 Å². The summed E-state index contributed by atoms with van der Waals surface area (Å²) in [5.74, 6) is -1.81. The van der Waals surface area contributed by atoms with Crippen molar-refractivity contribution in [1.82, 2.24) is 10.3 Å². The molecular weight excluding hydrogens is 345 g/mol. The van der Waals surface area contributed by atoms with Crippen LogP contribution in [0.1, 0.15) is 18.9 Å². The Labute approximate surface area is 148 Å². The fourth-order valence-corrected chi connectivity index (χ4v) is 3.44. The van der Waals surface area contributed by atoms with E-state index in [0.29, 0.717) is 24.0 Å². The third-order valence-corrected chi connectivity index (χ3v) is 4.46. The Morgan fingerprint density at radius 1 is 1.35 bits per heavy atom. The molecule has 1 fully saturated rings. The maximum Gasteiger partial charge on any atom is 0.471 e. The number of hydrogen-bond donors (Lipinski definition) is 1. The lowest BCUT2D eigenvalue weighted by Crippen LogP contribution is -2.53. The number of fused-ring (bicyclic) bond motifs is 1. The topological polar surface area (TPSA) is 69.0 Å². The number of hydrogen-bond acceptors (Lipinski definition) is 4. The van der Waals surface area contributed by atoms with Crippen LogP contribution in [0.15, 0.2) is 30.5 Å². The van der Waals surface area contributed by atoms with Crippen LogP contribution in [0.5, 0.6) is 0 Å². The molecule has 0 spiro atoms. The molecule has 1 amide bonds. The van der Waals surface area contributed by atoms with Crippen LogP contribution >= 0.6 is 0 Å². The van der Waals surface area contributed by atoms with Crippen LogP contribution in [-0.2, 0) is 4.79 Å². The number of anilines is 1. The summed E-state index contributed by atoms with van der Waals surface area (Å²) in [6.07, 6.45) is -2.82. The molecule has 1 aliphatic heterocycles. The number of nitrogens with one attached hydrogen (secondary N) is 1. The van der Waals surface area contributed by atoms with E-state index in [-0.39, 0.29) is 12.5 Å². The zero-order valence-electron chi connectivity index (χ0n) is 14.0. The number of carbonyl (C=O) groups excluding carboxylic acids is 1. The highest BCUT2D eigenvalue weighted by atomic mass is 19.4. The summed E-state index contributed by atoms with van der Waals surface area (Å²) >= 11 is 0. The maximum atomic E-state index is 12.5. The first-order valence-electron chi connectivity index (χ1n) is 8.20. The number of piperidine rings is 1. The quantitative estimate of drug-likeness (QED) is 0.892. The Hall–Kier alpha value is -2.82. The number of alkyl halides is 3. The van der Waals surface area contributed by atoms with E-state index in [1.807, 2.05) is 17.9 Å². The van der Waals surface area contributed by atoms with Crippen molar-refractivity contribution in [3.8, 4) is 6.07 Å². The number of aromatic nitrogens is 1. The van der Waals surface area contributed by atoms with Crippen molar-refractivity contribution in [3.63, 3.8) is 0 Å². The van der Waals surface area contributed by atoms with E-state index >= 15 is 0 Å². The fourth-order valence-electron chi connectivity index (χ4n) is 3.44. The number of pyridine rings is 1. The third-order valence-electron chi connectivity index (χ3n) is 4.46. The summed E-state index contributed by atoms with van der Waals surface area (Å²) in [7, 11) is 0. The predicted octanol–water partition coefficient (Wildman–Crippen LogP) is 3.00. The van der Waals surface area contributed by atoms with Gasteiger partial charge >= 0.3 is 12.1 Å². The van der Waals surface area contributed by atoms with Crippen molar-refractivity contribution in [1.29, 1.82) is 5.26 Å². The number of benzene rings is 1. The molecule has 136 valence electrons. The van der Waals surface area contributed by atoms with Gasteiger partial charge in [-0.15, -0.1) is 0 Å². The van der Waals surface area contributed by atoms with Crippen molar-refractivity contribution in [2.45, 2.75) is 25.6 Å². The number of nitriles is 1. The minimum Gasteiger partial charge on any atom is -0.369 e. The number of amides is 1. The molecule has 1 saturated heterocycles. The summed E-state index contributed by atoms with van der Waals surface area (Å²) in [5, 5.41) is 12.1. The number of halogens is 3. The summed E-state index contributed by atoms with van der Waals surface area (Å²) in [6.45, 7) is 2.85. The minimum atomic E-state index is -4.89. The second kappa shape index (κ2) is 6.83. The van der Waals surface area contributed by atoms with Crippen molar-refractivity contribution < 1.29 is 18.0 Å². The van der Waals surface area contributed by atoms with Crippen molar-refractivity contribution in [3.05, 3.63) is 36.0 Å². The van der Waals surface area contributed by atoms with E-state index < -0.39 is 18.1 Å². The second-order valence-corrected chi connectivity index (χ2v) is 6.56. The molecule has 5 nitrogen and oxygen atoms in total. The van der Waals surface area contributed by atoms with Gasteiger partial charge in [-0.1, -0.05) is 6.92 Å². The molecular formula is C18H17F3N4O. The Morgan fingerprint density at radius 2 is 2.12 bits per heavy atom. The summed E-state index contributed by atoms with van der Waals surface area (Å²) in [4.78, 5) is 17.5. The molecule has 2 aromatic rings. The van der Waals surface area contributed by atoms with Gasteiger partial charge in [-0.2, -0.15) is 18.4 Å². The number of rotatable bonds is 2. The lowest BCUT2D eigenvalue weighted by atomic mass is 9.94. The summed E-state index contributed by atoms with van der Waals surface area (Å²) in [5.41, 5.74) is 1.79. The molecule has 0 radical (unpaired) electrons. The lowest BCUT2D eigenvalue weighted by molar-refractivity contribution is -0.174. The van der Waals surface area contributed by atoms with Crippen LogP contribution in [0, 0.1) is 17.2 Å². The van der Waals surface area contributed by atoms with Gasteiger partial charge in [0.15, 0.2) is 0 Å². The van der Waals surface area contributed by atoms with Crippen LogP contribution in [0.4, 0.5) is 18.9 Å². The Kier molecular flexibility index (Phi) is 4.72. The zero-order chi connectivity index (χ0) is 18.9. The average Bonchev–Trinajstić information content (AvgIpc) is 2.59. The van der Waals surface area contributed by atoms with Crippen molar-refractivity contribution in [2.24, 2.45) is 5.92 Å². The normalized spacial score (nSPS) is 20.7. The van der Waals surface area contributed by atoms with E-state index in [1.165, 1.54) is 0 Å². The molecule has 8 heteroatoms. The van der Waals surface area contributed by atoms with Gasteiger partial charge < -0.3 is 10.2 Å². The van der Waals surface area contributed by atoms with E-state index in [0.717, 1.165) is 11.1 Å². The SMILES string of the molecule is C[C@H]1C[C@@H](NC(=O)C(F)(F)F)CN(c2ccc(C#N)c3ncccc23)C1. The van der Waals surface area contributed by atoms with Gasteiger partial charge in [-0.25, -0.2) is 0 Å². The predicted molar refractivity (Wildman–Crippen MR) is 90.4 cm³/mol. The third kappa shape index (κ3) is 3.57. The first-order chi connectivity index (χ1) is 12.3. The zero-order valence-corrected chi connectivity index (χ0v) is 14.0. The second-order valence-electron chi connectivity index (χ2n) is 6.56. The van der Waals surface area contributed by atoms with Crippen LogP contribution in [0.2, 0.25) is 0 Å². The summed E-state index contributed by atoms with van der Waals surface area (Å²) in [6, 6.07) is 8.52. The Morgan fingerprint density at radius 3 is 2.81 bits per heavy atom. The molecule has 1 aromatic heterocycles. The van der Waals surface area contributed by atoms with Crippen LogP contribution < -0.4 is 10.2 Å². The largest absolute Gasteiger partial charge is 0.471 e. The Bertz CT molecular complexity index is 875. The molecule has 1 aliphatic rings. The lowest BCUT2D eigenvalue weighted by Gasteiger charge is -2.38. The highest BCUT2D eigenvalue weighted by molar-refractivity contribution is 5.95. The summed E-state index contributed by atoms with van der Waals surface area (Å²) < 4.78 is 37.6. The Balaban J connectivity index is 1.91. The van der Waals surface area contributed by atoms with Crippen molar-refractivity contribution >= 4 is 22.5 Å². The van der Waals surface area contributed by atoms with Gasteiger partial charge in [0.25, 0.3) is 0 Å². The van der Waals surface area contributed by atoms with Gasteiger partial charge in [-0.05, 0) is 36.6 Å². The monoisotopic (exact) mass is 362 g/mol. The van der Waals surface area contributed by atoms with Crippen molar-refractivity contribution in [2.75, 3.05) is 18.0 Å². The number of nitrogens with zero attached hydrogens (tertiary/aromatic N) is 3. The average molecular weight is 362 g/mol. The molecule has 1 aromatic carbocycles. The van der Waals surface area contributed by atoms with E-state index in [4.69, 9.17) is 0 Å². The molecule has 2 heterocycles. The standard InChI is InChI=1S/C18H17F3N4O/c1-11-7-13(24-17(26)18(19,20)21)10-25(9-11)15-5-4-12(8-22)16-14(15)3-2-6-23-16/h2-6,11,13H,7,9-10H2,1H3,(H,24,26)/t11-,13+/m0/s1. The van der Waals surface area contributed by atoms with Gasteiger partial charge in [0.05, 0.1) is 11.1 Å². The minimum absolute atomic E-state index is 0.102. The van der Waals surface area contributed by atoms with Gasteiger partial charge in [0.1, 0.15) is 6.07 Å². The first kappa shape index (κ1) is 18.0. The molecule has 0 aliphatic carbocycles. The van der Waals surface area contributed by atoms with Crippen LogP contribution in [0.3, 0.4) is 0 Å². The fraction of sp³-hybridized carbons (Fsp3) is 0.389. The molecule has 1 N–H and O–H groups in total. The molecule has 26 heavy (non-hydrogen) atoms. The van der Waals surface area contributed by atoms with Gasteiger partial charge in [0, 0.05) is 36.4 Å². The van der Waals surface area contributed by atoms with Gasteiger partial charge in [-0.3, -0.25) is 9.78 Å². The smallest absolute Gasteiger partial charge is 0.369 e. The maximum absolute atomic E-state index is 12.5. The van der Waals surface area contributed by atoms with Gasteiger partial charge in [0.2, 0.25) is 0 Å². The number of carbonyl (C=O) groups is 1. The first-order valence-corrected chi connectivity index (χ1v) is 8.20. The molecule has 3 rings (SSSR count). The van der Waals surface area contributed by atoms with E-state index in [9.17, 15) is 23.2 Å². The van der Waals surface area contributed by atoms with Crippen LogP contribution in [0.25, 0.3) is 10.9 Å². The highest BCUT2D eigenvalue weighted by Crippen LogP contribution is 2.31. The highest BCUT2D eigenvalue weighted by Gasteiger charge is 2.40. The molecule has 0 bridgehead atoms. The molecule has 2 atom stereocenters.